The lowest BCUT2D eigenvalue weighted by molar-refractivity contribution is -0.117. The van der Waals surface area contributed by atoms with Gasteiger partial charge in [-0.3, -0.25) is 9.69 Å². The highest BCUT2D eigenvalue weighted by molar-refractivity contribution is 7.98. The number of nitrogens with zero attached hydrogens (tertiary/aromatic N) is 2. The molecule has 1 amide bonds. The van der Waals surface area contributed by atoms with Crippen LogP contribution in [0.3, 0.4) is 0 Å². The Hall–Kier alpha value is -1.87. The van der Waals surface area contributed by atoms with Gasteiger partial charge in [-0.25, -0.2) is 8.42 Å². The molecule has 0 atom stereocenters. The molecule has 0 bridgehead atoms. The second-order valence-electron chi connectivity index (χ2n) is 7.71. The van der Waals surface area contributed by atoms with Crippen LogP contribution < -0.4 is 5.32 Å². The zero-order chi connectivity index (χ0) is 21.1. The lowest BCUT2D eigenvalue weighted by Crippen LogP contribution is -2.50. The van der Waals surface area contributed by atoms with Crippen LogP contribution in [-0.2, 0) is 27.7 Å². The van der Waals surface area contributed by atoms with Crippen molar-refractivity contribution < 1.29 is 13.2 Å². The Morgan fingerprint density at radius 3 is 2.53 bits per heavy atom. The van der Waals surface area contributed by atoms with E-state index < -0.39 is 10.0 Å². The summed E-state index contributed by atoms with van der Waals surface area (Å²) < 4.78 is 27.6. The van der Waals surface area contributed by atoms with Gasteiger partial charge in [0, 0.05) is 31.1 Å². The molecule has 30 heavy (non-hydrogen) atoms. The summed E-state index contributed by atoms with van der Waals surface area (Å²) in [4.78, 5) is 15.9. The molecule has 0 saturated carbocycles. The second kappa shape index (κ2) is 9.09. The van der Waals surface area contributed by atoms with Crippen LogP contribution in [0.4, 0.5) is 5.69 Å². The summed E-state index contributed by atoms with van der Waals surface area (Å²) in [6, 6.07) is 13.3. The van der Waals surface area contributed by atoms with Crippen molar-refractivity contribution in [2.24, 2.45) is 0 Å². The van der Waals surface area contributed by atoms with Crippen LogP contribution in [0.5, 0.6) is 0 Å². The summed E-state index contributed by atoms with van der Waals surface area (Å²) in [6.07, 6.45) is 5.08. The maximum Gasteiger partial charge on any atom is 0.243 e. The standard InChI is InChI=1S/C22H27N3O3S2/c1-29-21-8-3-2-7-20(21)23-22(26)16-24-11-13-25(14-12-24)30(27,28)19-10-9-17-5-4-6-18(17)15-19/h2-3,7-10,15H,4-6,11-14,16H2,1H3,(H,23,26). The van der Waals surface area contributed by atoms with E-state index in [4.69, 9.17) is 0 Å². The number of aryl methyl sites for hydroxylation is 2. The SMILES string of the molecule is CSc1ccccc1NC(=O)CN1CCN(S(=O)(=O)c2ccc3c(c2)CCC3)CC1. The molecule has 6 nitrogen and oxygen atoms in total. The normalized spacial score (nSPS) is 17.6. The molecule has 0 spiro atoms. The van der Waals surface area contributed by atoms with Crippen molar-refractivity contribution in [2.45, 2.75) is 29.1 Å². The van der Waals surface area contributed by atoms with Crippen LogP contribution in [0.15, 0.2) is 52.3 Å². The molecule has 1 fully saturated rings. The zero-order valence-electron chi connectivity index (χ0n) is 17.1. The number of piperazine rings is 1. The first-order chi connectivity index (χ1) is 14.5. The smallest absolute Gasteiger partial charge is 0.243 e. The quantitative estimate of drug-likeness (QED) is 0.693. The maximum atomic E-state index is 13.1. The summed E-state index contributed by atoms with van der Waals surface area (Å²) in [5.74, 6) is -0.0774. The Labute approximate surface area is 182 Å². The van der Waals surface area contributed by atoms with E-state index >= 15 is 0 Å². The molecule has 0 unspecified atom stereocenters. The number of carbonyl (C=O) groups is 1. The third kappa shape index (κ3) is 4.56. The summed E-state index contributed by atoms with van der Waals surface area (Å²) in [6.45, 7) is 2.14. The highest BCUT2D eigenvalue weighted by atomic mass is 32.2. The van der Waals surface area contributed by atoms with Gasteiger partial charge in [0.25, 0.3) is 0 Å². The summed E-state index contributed by atoms with van der Waals surface area (Å²) in [7, 11) is -3.49. The Morgan fingerprint density at radius 2 is 1.77 bits per heavy atom. The minimum atomic E-state index is -3.49. The number of fused-ring (bicyclic) bond motifs is 1. The highest BCUT2D eigenvalue weighted by Crippen LogP contribution is 2.27. The van der Waals surface area contributed by atoms with Crippen molar-refractivity contribution in [3.8, 4) is 0 Å². The van der Waals surface area contributed by atoms with Crippen LogP contribution >= 0.6 is 11.8 Å². The summed E-state index contributed by atoms with van der Waals surface area (Å²) in [5.41, 5.74) is 3.25. The number of sulfonamides is 1. The van der Waals surface area contributed by atoms with Crippen molar-refractivity contribution in [2.75, 3.05) is 44.3 Å². The van der Waals surface area contributed by atoms with Gasteiger partial charge in [0.15, 0.2) is 0 Å². The highest BCUT2D eigenvalue weighted by Gasteiger charge is 2.30. The molecule has 1 saturated heterocycles. The van der Waals surface area contributed by atoms with Crippen LogP contribution in [0.1, 0.15) is 17.5 Å². The van der Waals surface area contributed by atoms with E-state index in [0.29, 0.717) is 31.1 Å². The lowest BCUT2D eigenvalue weighted by atomic mass is 10.1. The molecule has 4 rings (SSSR count). The third-order valence-electron chi connectivity index (χ3n) is 5.79. The number of carbonyl (C=O) groups excluding carboxylic acids is 1. The van der Waals surface area contributed by atoms with Gasteiger partial charge >= 0.3 is 0 Å². The molecule has 2 aromatic rings. The number of amides is 1. The van der Waals surface area contributed by atoms with Crippen LogP contribution in [0.25, 0.3) is 0 Å². The van der Waals surface area contributed by atoms with E-state index in [1.165, 1.54) is 5.56 Å². The van der Waals surface area contributed by atoms with Crippen molar-refractivity contribution in [3.63, 3.8) is 0 Å². The number of hydrogen-bond donors (Lipinski definition) is 1. The Balaban J connectivity index is 1.34. The van der Waals surface area contributed by atoms with E-state index in [2.05, 4.69) is 5.32 Å². The minimum Gasteiger partial charge on any atom is -0.324 e. The zero-order valence-corrected chi connectivity index (χ0v) is 18.8. The van der Waals surface area contributed by atoms with Crippen molar-refractivity contribution >= 4 is 33.4 Å². The summed E-state index contributed by atoms with van der Waals surface area (Å²) >= 11 is 1.59. The largest absolute Gasteiger partial charge is 0.324 e. The van der Waals surface area contributed by atoms with Crippen molar-refractivity contribution in [1.29, 1.82) is 0 Å². The molecular formula is C22H27N3O3S2. The number of para-hydroxylation sites is 1. The van der Waals surface area contributed by atoms with Crippen LogP contribution in [-0.4, -0.2) is 62.5 Å². The Morgan fingerprint density at radius 1 is 1.03 bits per heavy atom. The van der Waals surface area contributed by atoms with Crippen LogP contribution in [0, 0.1) is 0 Å². The third-order valence-corrected chi connectivity index (χ3v) is 8.48. The predicted molar refractivity (Wildman–Crippen MR) is 121 cm³/mol. The molecule has 8 heteroatoms. The average molecular weight is 446 g/mol. The number of rotatable bonds is 6. The molecule has 0 radical (unpaired) electrons. The number of nitrogens with one attached hydrogen (secondary N) is 1. The monoisotopic (exact) mass is 445 g/mol. The molecule has 1 aliphatic heterocycles. The van der Waals surface area contributed by atoms with E-state index in [0.717, 1.165) is 35.4 Å². The van der Waals surface area contributed by atoms with Gasteiger partial charge in [-0.15, -0.1) is 11.8 Å². The fourth-order valence-corrected chi connectivity index (χ4v) is 6.15. The van der Waals surface area contributed by atoms with Gasteiger partial charge in [0.05, 0.1) is 17.1 Å². The molecule has 1 heterocycles. The first-order valence-corrected chi connectivity index (χ1v) is 12.9. The van der Waals surface area contributed by atoms with E-state index in [9.17, 15) is 13.2 Å². The Kier molecular flexibility index (Phi) is 6.48. The number of thioether (sulfide) groups is 1. The molecule has 1 aliphatic carbocycles. The van der Waals surface area contributed by atoms with Crippen molar-refractivity contribution in [3.05, 3.63) is 53.6 Å². The topological polar surface area (TPSA) is 69.7 Å². The molecule has 2 aromatic carbocycles. The number of benzene rings is 2. The second-order valence-corrected chi connectivity index (χ2v) is 10.5. The first-order valence-electron chi connectivity index (χ1n) is 10.2. The molecule has 2 aliphatic rings. The fourth-order valence-electron chi connectivity index (χ4n) is 4.13. The van der Waals surface area contributed by atoms with Crippen molar-refractivity contribution in [1.82, 2.24) is 9.21 Å². The minimum absolute atomic E-state index is 0.0774. The van der Waals surface area contributed by atoms with Gasteiger partial charge < -0.3 is 5.32 Å². The number of hydrogen-bond acceptors (Lipinski definition) is 5. The van der Waals surface area contributed by atoms with E-state index in [1.807, 2.05) is 47.6 Å². The molecule has 0 aromatic heterocycles. The predicted octanol–water partition coefficient (Wildman–Crippen LogP) is 2.84. The fraction of sp³-hybridized carbons (Fsp3) is 0.409. The van der Waals surface area contributed by atoms with Gasteiger partial charge in [-0.2, -0.15) is 4.31 Å². The van der Waals surface area contributed by atoms with Gasteiger partial charge in [0.2, 0.25) is 15.9 Å². The van der Waals surface area contributed by atoms with Gasteiger partial charge in [0.1, 0.15) is 0 Å². The van der Waals surface area contributed by atoms with Gasteiger partial charge in [-0.05, 0) is 60.9 Å². The molecule has 160 valence electrons. The summed E-state index contributed by atoms with van der Waals surface area (Å²) in [5, 5.41) is 2.97. The Bertz CT molecular complexity index is 1030. The maximum absolute atomic E-state index is 13.1. The lowest BCUT2D eigenvalue weighted by Gasteiger charge is -2.33. The molecular weight excluding hydrogens is 418 g/mol. The molecule has 1 N–H and O–H groups in total. The first kappa shape index (κ1) is 21.4. The number of anilines is 1. The average Bonchev–Trinajstić information content (AvgIpc) is 3.22. The van der Waals surface area contributed by atoms with Gasteiger partial charge in [-0.1, -0.05) is 18.2 Å². The van der Waals surface area contributed by atoms with Crippen LogP contribution in [0.2, 0.25) is 0 Å². The van der Waals surface area contributed by atoms with E-state index in [1.54, 1.807) is 22.1 Å². The van der Waals surface area contributed by atoms with E-state index in [-0.39, 0.29) is 12.5 Å².